The molecule has 1 atom stereocenters. The van der Waals surface area contributed by atoms with Crippen LogP contribution in [0.25, 0.3) is 10.1 Å². The number of aliphatic hydroxyl groups excluding tert-OH is 1. The minimum atomic E-state index is -0.431. The standard InChI is InChI=1S/C21H25NOS.ClH/c1-2-14-22-15-19(23)21-18(13-12-16-8-4-3-5-9-16)17-10-6-7-11-20(17)24-21;/h3-11,19,22-23H,2,12-15H2,1H3;1H. The Morgan fingerprint density at radius 2 is 1.72 bits per heavy atom. The molecule has 0 spiro atoms. The van der Waals surface area contributed by atoms with Crippen molar-refractivity contribution >= 4 is 33.8 Å². The van der Waals surface area contributed by atoms with E-state index in [-0.39, 0.29) is 12.4 Å². The van der Waals surface area contributed by atoms with Crippen molar-refractivity contribution in [1.82, 2.24) is 5.32 Å². The Morgan fingerprint density at radius 1 is 1.00 bits per heavy atom. The number of hydrogen-bond donors (Lipinski definition) is 2. The first-order valence-electron chi connectivity index (χ1n) is 8.72. The highest BCUT2D eigenvalue weighted by molar-refractivity contribution is 7.19. The molecule has 2 N–H and O–H groups in total. The average molecular weight is 376 g/mol. The van der Waals surface area contributed by atoms with E-state index < -0.39 is 6.10 Å². The van der Waals surface area contributed by atoms with Crippen molar-refractivity contribution in [3.8, 4) is 0 Å². The van der Waals surface area contributed by atoms with Crippen molar-refractivity contribution in [1.29, 1.82) is 0 Å². The second-order valence-electron chi connectivity index (χ2n) is 6.15. The number of aryl methyl sites for hydroxylation is 2. The first-order valence-corrected chi connectivity index (χ1v) is 9.54. The number of thiophene rings is 1. The van der Waals surface area contributed by atoms with Crippen molar-refractivity contribution in [3.05, 3.63) is 70.6 Å². The fourth-order valence-corrected chi connectivity index (χ4v) is 4.31. The highest BCUT2D eigenvalue weighted by Crippen LogP contribution is 2.36. The molecule has 4 heteroatoms. The van der Waals surface area contributed by atoms with E-state index >= 15 is 0 Å². The van der Waals surface area contributed by atoms with E-state index in [1.807, 2.05) is 0 Å². The van der Waals surface area contributed by atoms with Crippen LogP contribution >= 0.6 is 23.7 Å². The molecule has 0 aliphatic heterocycles. The second-order valence-corrected chi connectivity index (χ2v) is 7.23. The van der Waals surface area contributed by atoms with E-state index in [2.05, 4.69) is 66.8 Å². The van der Waals surface area contributed by atoms with Gasteiger partial charge < -0.3 is 10.4 Å². The summed E-state index contributed by atoms with van der Waals surface area (Å²) in [5, 5.41) is 15.3. The number of fused-ring (bicyclic) bond motifs is 1. The van der Waals surface area contributed by atoms with Crippen LogP contribution in [0.1, 0.15) is 35.5 Å². The molecular formula is C21H26ClNOS. The minimum Gasteiger partial charge on any atom is -0.386 e. The van der Waals surface area contributed by atoms with Gasteiger partial charge >= 0.3 is 0 Å². The molecule has 0 saturated heterocycles. The van der Waals surface area contributed by atoms with Crippen LogP contribution in [0, 0.1) is 0 Å². The van der Waals surface area contributed by atoms with Crippen LogP contribution in [0.3, 0.4) is 0 Å². The van der Waals surface area contributed by atoms with E-state index in [1.165, 1.54) is 21.2 Å². The fraction of sp³-hybridized carbons (Fsp3) is 0.333. The molecule has 0 fully saturated rings. The number of aliphatic hydroxyl groups is 1. The SMILES string of the molecule is CCCNCC(O)c1sc2ccccc2c1CCc1ccccc1.Cl. The number of hydrogen-bond acceptors (Lipinski definition) is 3. The van der Waals surface area contributed by atoms with E-state index in [0.717, 1.165) is 30.7 Å². The summed E-state index contributed by atoms with van der Waals surface area (Å²) in [6.45, 7) is 3.71. The third kappa shape index (κ3) is 5.05. The van der Waals surface area contributed by atoms with E-state index in [0.29, 0.717) is 6.54 Å². The maximum absolute atomic E-state index is 10.7. The lowest BCUT2D eigenvalue weighted by molar-refractivity contribution is 0.178. The summed E-state index contributed by atoms with van der Waals surface area (Å²) < 4.78 is 1.27. The number of nitrogens with one attached hydrogen (secondary N) is 1. The summed E-state index contributed by atoms with van der Waals surface area (Å²) in [5.74, 6) is 0. The number of rotatable bonds is 8. The van der Waals surface area contributed by atoms with Crippen LogP contribution in [-0.4, -0.2) is 18.2 Å². The predicted molar refractivity (Wildman–Crippen MR) is 111 cm³/mol. The molecule has 0 radical (unpaired) electrons. The Morgan fingerprint density at radius 3 is 2.48 bits per heavy atom. The highest BCUT2D eigenvalue weighted by Gasteiger charge is 2.18. The summed E-state index contributed by atoms with van der Waals surface area (Å²) in [4.78, 5) is 1.12. The lowest BCUT2D eigenvalue weighted by atomic mass is 10.00. The van der Waals surface area contributed by atoms with Gasteiger partial charge in [-0.2, -0.15) is 0 Å². The van der Waals surface area contributed by atoms with Gasteiger partial charge in [0.1, 0.15) is 6.10 Å². The van der Waals surface area contributed by atoms with Crippen molar-refractivity contribution < 1.29 is 5.11 Å². The molecule has 1 unspecified atom stereocenters. The zero-order valence-electron chi connectivity index (χ0n) is 14.6. The zero-order valence-corrected chi connectivity index (χ0v) is 16.2. The third-order valence-corrected chi connectivity index (χ3v) is 5.62. The largest absolute Gasteiger partial charge is 0.386 e. The topological polar surface area (TPSA) is 32.3 Å². The van der Waals surface area contributed by atoms with Gasteiger partial charge in [0.15, 0.2) is 0 Å². The molecule has 3 aromatic rings. The highest BCUT2D eigenvalue weighted by atomic mass is 35.5. The van der Waals surface area contributed by atoms with Crippen molar-refractivity contribution in [2.75, 3.05) is 13.1 Å². The van der Waals surface area contributed by atoms with Crippen LogP contribution in [0.2, 0.25) is 0 Å². The Labute approximate surface area is 160 Å². The first kappa shape index (κ1) is 19.9. The molecule has 2 nitrogen and oxygen atoms in total. The summed E-state index contributed by atoms with van der Waals surface area (Å²) in [7, 11) is 0. The molecule has 0 bridgehead atoms. The number of benzene rings is 2. The third-order valence-electron chi connectivity index (χ3n) is 4.30. The molecule has 1 heterocycles. The lowest BCUT2D eigenvalue weighted by Crippen LogP contribution is -2.22. The van der Waals surface area contributed by atoms with Crippen LogP contribution in [0.4, 0.5) is 0 Å². The predicted octanol–water partition coefficient (Wildman–Crippen LogP) is 5.14. The van der Waals surface area contributed by atoms with Gasteiger partial charge in [0.05, 0.1) is 0 Å². The molecule has 0 aliphatic carbocycles. The normalized spacial score (nSPS) is 12.1. The van der Waals surface area contributed by atoms with E-state index in [9.17, 15) is 5.11 Å². The second kappa shape index (κ2) is 9.93. The van der Waals surface area contributed by atoms with E-state index in [1.54, 1.807) is 11.3 Å². The van der Waals surface area contributed by atoms with Crippen molar-refractivity contribution in [3.63, 3.8) is 0 Å². The average Bonchev–Trinajstić information content (AvgIpc) is 3.00. The van der Waals surface area contributed by atoms with Gasteiger partial charge in [-0.25, -0.2) is 0 Å². The maximum atomic E-state index is 10.7. The van der Waals surface area contributed by atoms with Crippen LogP contribution in [-0.2, 0) is 12.8 Å². The summed E-state index contributed by atoms with van der Waals surface area (Å²) in [6, 6.07) is 19.1. The maximum Gasteiger partial charge on any atom is 0.101 e. The van der Waals surface area contributed by atoms with Gasteiger partial charge in [0.2, 0.25) is 0 Å². The van der Waals surface area contributed by atoms with Crippen LogP contribution in [0.5, 0.6) is 0 Å². The van der Waals surface area contributed by atoms with Gasteiger partial charge in [-0.15, -0.1) is 23.7 Å². The Balaban J connectivity index is 0.00000225. The van der Waals surface area contributed by atoms with E-state index in [4.69, 9.17) is 0 Å². The summed E-state index contributed by atoms with van der Waals surface area (Å²) in [6.07, 6.45) is 2.62. The zero-order chi connectivity index (χ0) is 16.8. The van der Waals surface area contributed by atoms with Crippen LogP contribution < -0.4 is 5.32 Å². The molecule has 0 saturated carbocycles. The molecule has 25 heavy (non-hydrogen) atoms. The minimum absolute atomic E-state index is 0. The quantitative estimate of drug-likeness (QED) is 0.534. The first-order chi connectivity index (χ1) is 11.8. The molecule has 3 rings (SSSR count). The summed E-state index contributed by atoms with van der Waals surface area (Å²) >= 11 is 1.74. The monoisotopic (exact) mass is 375 g/mol. The molecular weight excluding hydrogens is 350 g/mol. The van der Waals surface area contributed by atoms with Gasteiger partial charge in [-0.1, -0.05) is 55.5 Å². The van der Waals surface area contributed by atoms with Crippen molar-refractivity contribution in [2.45, 2.75) is 32.3 Å². The molecule has 0 aliphatic rings. The lowest BCUT2D eigenvalue weighted by Gasteiger charge is -2.13. The van der Waals surface area contributed by atoms with Gasteiger partial charge in [-0.05, 0) is 48.4 Å². The number of halogens is 1. The van der Waals surface area contributed by atoms with Gasteiger partial charge in [-0.3, -0.25) is 0 Å². The Hall–Kier alpha value is -1.39. The van der Waals surface area contributed by atoms with Gasteiger partial charge in [0.25, 0.3) is 0 Å². The molecule has 0 amide bonds. The summed E-state index contributed by atoms with van der Waals surface area (Å²) in [5.41, 5.74) is 2.66. The molecule has 1 aromatic heterocycles. The molecule has 134 valence electrons. The Bertz CT molecular complexity index is 772. The van der Waals surface area contributed by atoms with Crippen LogP contribution in [0.15, 0.2) is 54.6 Å². The fourth-order valence-electron chi connectivity index (χ4n) is 3.07. The molecule has 2 aromatic carbocycles. The Kier molecular flexibility index (Phi) is 7.91. The van der Waals surface area contributed by atoms with Gasteiger partial charge in [0, 0.05) is 16.1 Å². The van der Waals surface area contributed by atoms with Crippen molar-refractivity contribution in [2.24, 2.45) is 0 Å². The smallest absolute Gasteiger partial charge is 0.101 e.